The highest BCUT2D eigenvalue weighted by molar-refractivity contribution is 5.48. The molecule has 0 spiro atoms. The molecule has 1 aromatic rings. The van der Waals surface area contributed by atoms with Crippen molar-refractivity contribution in [2.24, 2.45) is 0 Å². The molecule has 1 rings (SSSR count). The average Bonchev–Trinajstić information content (AvgIpc) is 2.38. The van der Waals surface area contributed by atoms with E-state index in [1.54, 1.807) is 0 Å². The summed E-state index contributed by atoms with van der Waals surface area (Å²) in [6.07, 6.45) is 5.67. The largest absolute Gasteiger partial charge is 0.370 e. The first-order valence-corrected chi connectivity index (χ1v) is 6.96. The third-order valence-electron chi connectivity index (χ3n) is 3.14. The van der Waals surface area contributed by atoms with Gasteiger partial charge in [0.1, 0.15) is 0 Å². The first-order valence-electron chi connectivity index (χ1n) is 6.96. The minimum atomic E-state index is 0.599. The third kappa shape index (κ3) is 5.23. The molecule has 18 heavy (non-hydrogen) atoms. The number of nitriles is 1. The Kier molecular flexibility index (Phi) is 6.94. The summed E-state index contributed by atoms with van der Waals surface area (Å²) in [4.78, 5) is 2.34. The molecule has 0 saturated carbocycles. The predicted molar refractivity (Wildman–Crippen MR) is 77.8 cm³/mol. The summed E-state index contributed by atoms with van der Waals surface area (Å²) in [5, 5.41) is 8.75. The summed E-state index contributed by atoms with van der Waals surface area (Å²) >= 11 is 0. The second-order valence-corrected chi connectivity index (χ2v) is 4.79. The Balaban J connectivity index is 2.57. The van der Waals surface area contributed by atoms with E-state index in [1.165, 1.54) is 36.9 Å². The number of benzene rings is 1. The molecular weight excluding hydrogens is 220 g/mol. The van der Waals surface area contributed by atoms with E-state index in [-0.39, 0.29) is 0 Å². The summed E-state index contributed by atoms with van der Waals surface area (Å²) in [5.41, 5.74) is 2.53. The van der Waals surface area contributed by atoms with Crippen molar-refractivity contribution in [1.82, 2.24) is 0 Å². The molecule has 0 saturated heterocycles. The first kappa shape index (κ1) is 14.6. The Morgan fingerprint density at radius 2 is 2.00 bits per heavy atom. The number of rotatable bonds is 8. The molecule has 2 heteroatoms. The van der Waals surface area contributed by atoms with Gasteiger partial charge in [-0.1, -0.05) is 38.3 Å². The fourth-order valence-electron chi connectivity index (χ4n) is 2.11. The Morgan fingerprint density at radius 3 is 2.67 bits per heavy atom. The van der Waals surface area contributed by atoms with Gasteiger partial charge in [-0.25, -0.2) is 0 Å². The summed E-state index contributed by atoms with van der Waals surface area (Å²) in [5.74, 6) is 0. The maximum absolute atomic E-state index is 8.75. The zero-order chi connectivity index (χ0) is 13.2. The number of hydrogen-bond acceptors (Lipinski definition) is 2. The predicted octanol–water partition coefficient (Wildman–Crippen LogP) is 4.30. The minimum Gasteiger partial charge on any atom is -0.370 e. The number of aryl methyl sites for hydroxylation is 1. The molecule has 98 valence electrons. The topological polar surface area (TPSA) is 27.0 Å². The molecule has 0 fully saturated rings. The van der Waals surface area contributed by atoms with E-state index < -0.39 is 0 Å². The first-order chi connectivity index (χ1) is 8.77. The summed E-state index contributed by atoms with van der Waals surface area (Å²) < 4.78 is 0. The van der Waals surface area contributed by atoms with Crippen molar-refractivity contribution in [3.05, 3.63) is 29.8 Å². The van der Waals surface area contributed by atoms with Crippen LogP contribution in [0.1, 0.15) is 44.6 Å². The van der Waals surface area contributed by atoms with Crippen LogP contribution in [0, 0.1) is 18.3 Å². The van der Waals surface area contributed by atoms with Crippen LogP contribution in [0.15, 0.2) is 24.3 Å². The van der Waals surface area contributed by atoms with Gasteiger partial charge >= 0.3 is 0 Å². The lowest BCUT2D eigenvalue weighted by atomic mass is 10.1. The maximum atomic E-state index is 8.75. The van der Waals surface area contributed by atoms with Crippen molar-refractivity contribution in [1.29, 1.82) is 5.26 Å². The highest BCUT2D eigenvalue weighted by Gasteiger charge is 2.05. The monoisotopic (exact) mass is 244 g/mol. The molecule has 2 nitrogen and oxygen atoms in total. The molecule has 0 aliphatic rings. The summed E-state index contributed by atoms with van der Waals surface area (Å²) in [6, 6.07) is 10.8. The van der Waals surface area contributed by atoms with Gasteiger partial charge in [0.25, 0.3) is 0 Å². The maximum Gasteiger partial charge on any atom is 0.0640 e. The Morgan fingerprint density at radius 1 is 1.17 bits per heavy atom. The smallest absolute Gasteiger partial charge is 0.0640 e. The van der Waals surface area contributed by atoms with Gasteiger partial charge in [-0.3, -0.25) is 0 Å². The van der Waals surface area contributed by atoms with Gasteiger partial charge in [-0.15, -0.1) is 0 Å². The van der Waals surface area contributed by atoms with Gasteiger partial charge in [0.2, 0.25) is 0 Å². The van der Waals surface area contributed by atoms with Crippen molar-refractivity contribution < 1.29 is 0 Å². The van der Waals surface area contributed by atoms with Crippen LogP contribution >= 0.6 is 0 Å². The zero-order valence-corrected chi connectivity index (χ0v) is 11.7. The molecular formula is C16H24N2. The molecule has 0 aliphatic carbocycles. The number of nitrogens with zero attached hydrogens (tertiary/aromatic N) is 2. The van der Waals surface area contributed by atoms with Crippen molar-refractivity contribution in [2.75, 3.05) is 18.0 Å². The molecule has 0 unspecified atom stereocenters. The molecule has 0 N–H and O–H groups in total. The lowest BCUT2D eigenvalue weighted by molar-refractivity contribution is 0.644. The summed E-state index contributed by atoms with van der Waals surface area (Å²) in [6.45, 7) is 6.24. The van der Waals surface area contributed by atoms with E-state index in [0.29, 0.717) is 6.42 Å². The molecule has 0 bridgehead atoms. The second kappa shape index (κ2) is 8.58. The molecule has 1 aromatic carbocycles. The molecule has 0 atom stereocenters. The molecule has 0 amide bonds. The molecule has 0 heterocycles. The van der Waals surface area contributed by atoms with E-state index in [2.05, 4.69) is 49.1 Å². The normalized spacial score (nSPS) is 10.1. The lowest BCUT2D eigenvalue weighted by Crippen LogP contribution is -2.25. The van der Waals surface area contributed by atoms with Crippen LogP contribution in [0.25, 0.3) is 0 Å². The van der Waals surface area contributed by atoms with Gasteiger partial charge in [0.05, 0.1) is 12.5 Å². The van der Waals surface area contributed by atoms with Crippen LogP contribution in [0.4, 0.5) is 5.69 Å². The minimum absolute atomic E-state index is 0.599. The Hall–Kier alpha value is -1.49. The van der Waals surface area contributed by atoms with Gasteiger partial charge in [-0.2, -0.15) is 5.26 Å². The van der Waals surface area contributed by atoms with Crippen LogP contribution in [0.2, 0.25) is 0 Å². The fraction of sp³-hybridized carbons (Fsp3) is 0.562. The van der Waals surface area contributed by atoms with Crippen LogP contribution in [0.5, 0.6) is 0 Å². The van der Waals surface area contributed by atoms with E-state index in [9.17, 15) is 0 Å². The molecule has 0 radical (unpaired) electrons. The van der Waals surface area contributed by atoms with Crippen LogP contribution < -0.4 is 4.90 Å². The highest BCUT2D eigenvalue weighted by atomic mass is 15.1. The highest BCUT2D eigenvalue weighted by Crippen LogP contribution is 2.17. The van der Waals surface area contributed by atoms with E-state index in [4.69, 9.17) is 5.26 Å². The quantitative estimate of drug-likeness (QED) is 0.638. The number of hydrogen-bond donors (Lipinski definition) is 0. The van der Waals surface area contributed by atoms with Crippen molar-refractivity contribution in [3.63, 3.8) is 0 Å². The van der Waals surface area contributed by atoms with E-state index >= 15 is 0 Å². The van der Waals surface area contributed by atoms with Crippen LogP contribution in [-0.4, -0.2) is 13.1 Å². The van der Waals surface area contributed by atoms with E-state index in [0.717, 1.165) is 13.1 Å². The van der Waals surface area contributed by atoms with Crippen LogP contribution in [0.3, 0.4) is 0 Å². The van der Waals surface area contributed by atoms with Crippen molar-refractivity contribution in [2.45, 2.75) is 46.0 Å². The number of unbranched alkanes of at least 4 members (excludes halogenated alkanes) is 3. The van der Waals surface area contributed by atoms with E-state index in [1.807, 2.05) is 0 Å². The van der Waals surface area contributed by atoms with Crippen molar-refractivity contribution in [3.8, 4) is 6.07 Å². The number of anilines is 1. The zero-order valence-electron chi connectivity index (χ0n) is 11.7. The average molecular weight is 244 g/mol. The van der Waals surface area contributed by atoms with Gasteiger partial charge in [0, 0.05) is 18.8 Å². The van der Waals surface area contributed by atoms with Gasteiger partial charge in [0.15, 0.2) is 0 Å². The van der Waals surface area contributed by atoms with Crippen molar-refractivity contribution >= 4 is 5.69 Å². The standard InChI is InChI=1S/C16H24N2/c1-3-4-5-6-12-18(13-8-11-17)16-10-7-9-15(2)14-16/h7,9-10,14H,3-6,8,12-13H2,1-2H3. The van der Waals surface area contributed by atoms with Crippen LogP contribution in [-0.2, 0) is 0 Å². The van der Waals surface area contributed by atoms with Gasteiger partial charge < -0.3 is 4.90 Å². The van der Waals surface area contributed by atoms with Gasteiger partial charge in [-0.05, 0) is 31.0 Å². The Labute approximate surface area is 111 Å². The Bertz CT molecular complexity index is 379. The summed E-state index contributed by atoms with van der Waals surface area (Å²) in [7, 11) is 0. The SMILES string of the molecule is CCCCCCN(CCC#N)c1cccc(C)c1. The molecule has 0 aliphatic heterocycles. The lowest BCUT2D eigenvalue weighted by Gasteiger charge is -2.24. The fourth-order valence-corrected chi connectivity index (χ4v) is 2.11. The second-order valence-electron chi connectivity index (χ2n) is 4.79. The molecule has 0 aromatic heterocycles. The third-order valence-corrected chi connectivity index (χ3v) is 3.14.